The molecule has 2 N–H and O–H groups in total. The van der Waals surface area contributed by atoms with Gasteiger partial charge in [0.25, 0.3) is 0 Å². The molecular weight excluding hydrogens is 284 g/mol. The number of hydrogen-bond acceptors (Lipinski definition) is 2. The number of hydrogen-bond donors (Lipinski definition) is 2. The Labute approximate surface area is 130 Å². The van der Waals surface area contributed by atoms with Gasteiger partial charge in [-0.3, -0.25) is 4.79 Å². The van der Waals surface area contributed by atoms with Crippen LogP contribution in [0.1, 0.15) is 18.1 Å². The van der Waals surface area contributed by atoms with Gasteiger partial charge in [-0.1, -0.05) is 42.8 Å². The highest BCUT2D eigenvalue weighted by Gasteiger charge is 2.06. The summed E-state index contributed by atoms with van der Waals surface area (Å²) in [6.07, 6.45) is 0.886. The maximum absolute atomic E-state index is 12.0. The second-order valence-electron chi connectivity index (χ2n) is 4.87. The molecule has 2 aromatic carbocycles. The molecule has 0 atom stereocenters. The van der Waals surface area contributed by atoms with Crippen molar-refractivity contribution in [3.8, 4) is 0 Å². The van der Waals surface area contributed by atoms with Gasteiger partial charge in [0.1, 0.15) is 0 Å². The minimum atomic E-state index is -0.0738. The fraction of sp³-hybridized carbons (Fsp3) is 0.235. The molecule has 0 radical (unpaired) electrons. The van der Waals surface area contributed by atoms with Crippen LogP contribution >= 0.6 is 11.6 Å². The Kier molecular flexibility index (Phi) is 5.23. The average Bonchev–Trinajstić information content (AvgIpc) is 2.49. The number of amides is 1. The van der Waals surface area contributed by atoms with Crippen LogP contribution in [-0.4, -0.2) is 12.5 Å². The van der Waals surface area contributed by atoms with Crippen molar-refractivity contribution in [1.82, 2.24) is 0 Å². The lowest BCUT2D eigenvalue weighted by molar-refractivity contribution is -0.114. The third-order valence-corrected chi connectivity index (χ3v) is 3.55. The van der Waals surface area contributed by atoms with Gasteiger partial charge in [-0.05, 0) is 42.7 Å². The fourth-order valence-corrected chi connectivity index (χ4v) is 2.28. The van der Waals surface area contributed by atoms with E-state index in [1.165, 1.54) is 0 Å². The van der Waals surface area contributed by atoms with E-state index in [1.54, 1.807) is 0 Å². The zero-order valence-electron chi connectivity index (χ0n) is 12.2. The Balaban J connectivity index is 1.97. The Hall–Kier alpha value is -2.00. The predicted octanol–water partition coefficient (Wildman–Crippen LogP) is 4.26. The molecule has 0 aliphatic heterocycles. The van der Waals surface area contributed by atoms with E-state index in [0.29, 0.717) is 5.02 Å². The van der Waals surface area contributed by atoms with Crippen molar-refractivity contribution in [3.63, 3.8) is 0 Å². The van der Waals surface area contributed by atoms with E-state index in [4.69, 9.17) is 11.6 Å². The van der Waals surface area contributed by atoms with E-state index in [1.807, 2.05) is 49.4 Å². The number of aryl methyl sites for hydroxylation is 2. The van der Waals surface area contributed by atoms with Crippen molar-refractivity contribution in [3.05, 3.63) is 58.6 Å². The van der Waals surface area contributed by atoms with Gasteiger partial charge >= 0.3 is 0 Å². The second-order valence-corrected chi connectivity index (χ2v) is 5.31. The smallest absolute Gasteiger partial charge is 0.243 e. The van der Waals surface area contributed by atoms with Crippen molar-refractivity contribution in [2.45, 2.75) is 20.3 Å². The summed E-state index contributed by atoms with van der Waals surface area (Å²) in [6.45, 7) is 4.25. The van der Waals surface area contributed by atoms with E-state index in [-0.39, 0.29) is 12.5 Å². The zero-order valence-corrected chi connectivity index (χ0v) is 13.0. The molecule has 2 rings (SSSR count). The molecule has 110 valence electrons. The largest absolute Gasteiger partial charge is 0.376 e. The van der Waals surface area contributed by atoms with E-state index in [2.05, 4.69) is 17.6 Å². The summed E-state index contributed by atoms with van der Waals surface area (Å²) in [5, 5.41) is 6.70. The van der Waals surface area contributed by atoms with Crippen molar-refractivity contribution in [2.75, 3.05) is 17.2 Å². The van der Waals surface area contributed by atoms with E-state index >= 15 is 0 Å². The topological polar surface area (TPSA) is 41.1 Å². The normalized spacial score (nSPS) is 10.2. The lowest BCUT2D eigenvalue weighted by Gasteiger charge is -2.12. The van der Waals surface area contributed by atoms with E-state index in [9.17, 15) is 4.79 Å². The second kappa shape index (κ2) is 7.14. The summed E-state index contributed by atoms with van der Waals surface area (Å²) in [6, 6.07) is 13.4. The van der Waals surface area contributed by atoms with Crippen molar-refractivity contribution in [1.29, 1.82) is 0 Å². The molecule has 0 bridgehead atoms. The number of halogens is 1. The number of rotatable bonds is 5. The van der Waals surface area contributed by atoms with Crippen molar-refractivity contribution < 1.29 is 4.79 Å². The van der Waals surface area contributed by atoms with Gasteiger partial charge in [-0.15, -0.1) is 0 Å². The van der Waals surface area contributed by atoms with Gasteiger partial charge in [-0.2, -0.15) is 0 Å². The Morgan fingerprint density at radius 3 is 2.67 bits per heavy atom. The molecule has 4 heteroatoms. The number of nitrogens with one attached hydrogen (secondary N) is 2. The van der Waals surface area contributed by atoms with Crippen LogP contribution in [0.15, 0.2) is 42.5 Å². The van der Waals surface area contributed by atoms with Crippen LogP contribution in [0.2, 0.25) is 5.02 Å². The molecule has 21 heavy (non-hydrogen) atoms. The zero-order chi connectivity index (χ0) is 15.2. The first-order chi connectivity index (χ1) is 10.1. The number of benzene rings is 2. The van der Waals surface area contributed by atoms with Gasteiger partial charge in [0.05, 0.1) is 6.54 Å². The standard InChI is InChI=1S/C17H19ClN2O/c1-3-13-6-4-5-7-15(13)20-17(21)11-19-16-10-14(18)9-8-12(16)2/h4-10,19H,3,11H2,1-2H3,(H,20,21). The van der Waals surface area contributed by atoms with Crippen LogP contribution in [0.4, 0.5) is 11.4 Å². The van der Waals surface area contributed by atoms with E-state index in [0.717, 1.165) is 28.9 Å². The summed E-state index contributed by atoms with van der Waals surface area (Å²) in [5.41, 5.74) is 3.93. The van der Waals surface area contributed by atoms with Crippen molar-refractivity contribution >= 4 is 28.9 Å². The van der Waals surface area contributed by atoms with Crippen LogP contribution in [0, 0.1) is 6.92 Å². The highest BCUT2D eigenvalue weighted by molar-refractivity contribution is 6.30. The summed E-state index contributed by atoms with van der Waals surface area (Å²) >= 11 is 5.96. The number of para-hydroxylation sites is 1. The highest BCUT2D eigenvalue weighted by atomic mass is 35.5. The Morgan fingerprint density at radius 2 is 1.90 bits per heavy atom. The van der Waals surface area contributed by atoms with Gasteiger partial charge < -0.3 is 10.6 Å². The fourth-order valence-electron chi connectivity index (χ4n) is 2.11. The lowest BCUT2D eigenvalue weighted by atomic mass is 10.1. The van der Waals surface area contributed by atoms with Crippen LogP contribution < -0.4 is 10.6 Å². The molecule has 0 spiro atoms. The first-order valence-electron chi connectivity index (χ1n) is 6.98. The average molecular weight is 303 g/mol. The first kappa shape index (κ1) is 15.4. The summed E-state index contributed by atoms with van der Waals surface area (Å²) < 4.78 is 0. The minimum Gasteiger partial charge on any atom is -0.376 e. The number of carbonyl (C=O) groups is 1. The molecule has 0 unspecified atom stereocenters. The van der Waals surface area contributed by atoms with Crippen LogP contribution in [0.5, 0.6) is 0 Å². The quantitative estimate of drug-likeness (QED) is 0.866. The predicted molar refractivity (Wildman–Crippen MR) is 89.1 cm³/mol. The highest BCUT2D eigenvalue weighted by Crippen LogP contribution is 2.20. The Morgan fingerprint density at radius 1 is 1.14 bits per heavy atom. The minimum absolute atomic E-state index is 0.0738. The van der Waals surface area contributed by atoms with Gasteiger partial charge in [0.2, 0.25) is 5.91 Å². The van der Waals surface area contributed by atoms with Gasteiger partial charge in [-0.25, -0.2) is 0 Å². The van der Waals surface area contributed by atoms with Crippen LogP contribution in [-0.2, 0) is 11.2 Å². The van der Waals surface area contributed by atoms with Gasteiger partial charge in [0, 0.05) is 16.4 Å². The monoisotopic (exact) mass is 302 g/mol. The first-order valence-corrected chi connectivity index (χ1v) is 7.35. The summed E-state index contributed by atoms with van der Waals surface area (Å²) in [7, 11) is 0. The molecule has 0 aliphatic carbocycles. The SMILES string of the molecule is CCc1ccccc1NC(=O)CNc1cc(Cl)ccc1C. The lowest BCUT2D eigenvalue weighted by Crippen LogP contribution is -2.22. The Bertz CT molecular complexity index is 640. The molecule has 3 nitrogen and oxygen atoms in total. The number of carbonyl (C=O) groups excluding carboxylic acids is 1. The van der Waals surface area contributed by atoms with Crippen LogP contribution in [0.25, 0.3) is 0 Å². The molecule has 0 aliphatic rings. The third kappa shape index (κ3) is 4.23. The van der Waals surface area contributed by atoms with E-state index < -0.39 is 0 Å². The summed E-state index contributed by atoms with van der Waals surface area (Å²) in [4.78, 5) is 12.0. The molecule has 0 saturated carbocycles. The third-order valence-electron chi connectivity index (χ3n) is 3.31. The van der Waals surface area contributed by atoms with Crippen LogP contribution in [0.3, 0.4) is 0 Å². The molecule has 2 aromatic rings. The molecule has 0 aromatic heterocycles. The maximum Gasteiger partial charge on any atom is 0.243 e. The van der Waals surface area contributed by atoms with Gasteiger partial charge in [0.15, 0.2) is 0 Å². The molecule has 0 saturated heterocycles. The molecule has 0 fully saturated rings. The number of anilines is 2. The molecular formula is C17H19ClN2O. The molecule has 1 amide bonds. The maximum atomic E-state index is 12.0. The summed E-state index contributed by atoms with van der Waals surface area (Å²) in [5.74, 6) is -0.0738. The van der Waals surface area contributed by atoms with Crippen molar-refractivity contribution in [2.24, 2.45) is 0 Å². The molecule has 0 heterocycles.